The molecule has 7 nitrogen and oxygen atoms in total. The van der Waals surface area contributed by atoms with Crippen LogP contribution in [0.2, 0.25) is 10.0 Å². The zero-order valence-electron chi connectivity index (χ0n) is 15.2. The minimum absolute atomic E-state index is 0.113. The molecule has 0 unspecified atom stereocenters. The Balaban J connectivity index is 1.59. The first-order valence-corrected chi connectivity index (χ1v) is 11.0. The van der Waals surface area contributed by atoms with E-state index in [1.54, 1.807) is 18.2 Å². The molecular formula is C19H18Cl2N2O5S. The summed E-state index contributed by atoms with van der Waals surface area (Å²) in [5, 5.41) is 2.99. The number of hydrogen-bond acceptors (Lipinski definition) is 5. The Morgan fingerprint density at radius 3 is 2.17 bits per heavy atom. The zero-order chi connectivity index (χ0) is 21.0. The molecule has 2 aromatic rings. The van der Waals surface area contributed by atoms with Crippen LogP contribution in [0.15, 0.2) is 47.4 Å². The van der Waals surface area contributed by atoms with Gasteiger partial charge in [-0.2, -0.15) is 4.31 Å². The van der Waals surface area contributed by atoms with Crippen LogP contribution in [0.3, 0.4) is 0 Å². The van der Waals surface area contributed by atoms with Gasteiger partial charge in [-0.15, -0.1) is 0 Å². The fourth-order valence-corrected chi connectivity index (χ4v) is 4.86. The van der Waals surface area contributed by atoms with Crippen LogP contribution >= 0.6 is 23.2 Å². The maximum absolute atomic E-state index is 12.5. The van der Waals surface area contributed by atoms with E-state index in [1.165, 1.54) is 28.6 Å². The van der Waals surface area contributed by atoms with Crippen LogP contribution in [-0.2, 0) is 19.6 Å². The van der Waals surface area contributed by atoms with Crippen LogP contribution in [0.25, 0.3) is 0 Å². The Morgan fingerprint density at radius 1 is 1.00 bits per heavy atom. The van der Waals surface area contributed by atoms with Gasteiger partial charge in [-0.25, -0.2) is 13.2 Å². The van der Waals surface area contributed by atoms with Gasteiger partial charge in [0.15, 0.2) is 6.61 Å². The van der Waals surface area contributed by atoms with E-state index in [2.05, 4.69) is 5.32 Å². The summed E-state index contributed by atoms with van der Waals surface area (Å²) < 4.78 is 31.4. The number of amides is 1. The smallest absolute Gasteiger partial charge is 0.338 e. The molecule has 0 saturated carbocycles. The van der Waals surface area contributed by atoms with Gasteiger partial charge in [-0.1, -0.05) is 29.3 Å². The largest absolute Gasteiger partial charge is 0.452 e. The lowest BCUT2D eigenvalue weighted by atomic mass is 10.2. The lowest BCUT2D eigenvalue weighted by molar-refractivity contribution is -0.119. The topological polar surface area (TPSA) is 92.8 Å². The molecule has 0 aromatic heterocycles. The Kier molecular flexibility index (Phi) is 6.79. The number of nitrogens with zero attached hydrogens (tertiary/aromatic N) is 1. The Labute approximate surface area is 178 Å². The highest BCUT2D eigenvalue weighted by atomic mass is 35.5. The summed E-state index contributed by atoms with van der Waals surface area (Å²) >= 11 is 11.9. The van der Waals surface area contributed by atoms with Crippen molar-refractivity contribution in [3.05, 3.63) is 58.1 Å². The first-order valence-electron chi connectivity index (χ1n) is 8.80. The fraction of sp³-hybridized carbons (Fsp3) is 0.263. The van der Waals surface area contributed by atoms with Crippen LogP contribution in [0.5, 0.6) is 0 Å². The molecule has 0 spiro atoms. The average Bonchev–Trinajstić information content (AvgIpc) is 3.25. The van der Waals surface area contributed by atoms with Crippen molar-refractivity contribution in [3.63, 3.8) is 0 Å². The molecule has 1 amide bonds. The molecule has 154 valence electrons. The lowest BCUT2D eigenvalue weighted by Gasteiger charge is -2.15. The van der Waals surface area contributed by atoms with Gasteiger partial charge in [0.2, 0.25) is 10.0 Å². The van der Waals surface area contributed by atoms with Crippen molar-refractivity contribution in [2.75, 3.05) is 25.0 Å². The van der Waals surface area contributed by atoms with Gasteiger partial charge in [0.1, 0.15) is 0 Å². The van der Waals surface area contributed by atoms with E-state index >= 15 is 0 Å². The molecule has 0 radical (unpaired) electrons. The predicted molar refractivity (Wildman–Crippen MR) is 110 cm³/mol. The van der Waals surface area contributed by atoms with E-state index in [-0.39, 0.29) is 26.2 Å². The number of esters is 1. The number of hydrogen-bond donors (Lipinski definition) is 1. The quantitative estimate of drug-likeness (QED) is 0.670. The highest BCUT2D eigenvalue weighted by Crippen LogP contribution is 2.29. The van der Waals surface area contributed by atoms with Crippen molar-refractivity contribution in [3.8, 4) is 0 Å². The van der Waals surface area contributed by atoms with Gasteiger partial charge in [0.05, 0.1) is 26.2 Å². The zero-order valence-corrected chi connectivity index (χ0v) is 17.6. The van der Waals surface area contributed by atoms with E-state index in [0.717, 1.165) is 12.8 Å². The Morgan fingerprint density at radius 2 is 1.59 bits per heavy atom. The van der Waals surface area contributed by atoms with Gasteiger partial charge >= 0.3 is 5.97 Å². The SMILES string of the molecule is O=C(COC(=O)c1ccc(S(=O)(=O)N2CCCC2)cc1)Nc1c(Cl)cccc1Cl. The third kappa shape index (κ3) is 5.08. The number of para-hydroxylation sites is 1. The highest BCUT2D eigenvalue weighted by Gasteiger charge is 2.27. The molecule has 10 heteroatoms. The monoisotopic (exact) mass is 456 g/mol. The van der Waals surface area contributed by atoms with Crippen molar-refractivity contribution in [1.29, 1.82) is 0 Å². The molecule has 29 heavy (non-hydrogen) atoms. The average molecular weight is 457 g/mol. The molecule has 1 saturated heterocycles. The maximum Gasteiger partial charge on any atom is 0.338 e. The molecule has 3 rings (SSSR count). The molecule has 0 bridgehead atoms. The van der Waals surface area contributed by atoms with Gasteiger partial charge in [-0.05, 0) is 49.2 Å². The van der Waals surface area contributed by atoms with Crippen molar-refractivity contribution >= 4 is 50.8 Å². The van der Waals surface area contributed by atoms with E-state index in [0.29, 0.717) is 13.1 Å². The second-order valence-electron chi connectivity index (χ2n) is 6.36. The minimum atomic E-state index is -3.56. The fourth-order valence-electron chi connectivity index (χ4n) is 2.85. The number of rotatable bonds is 6. The van der Waals surface area contributed by atoms with Crippen LogP contribution < -0.4 is 5.32 Å². The van der Waals surface area contributed by atoms with Crippen molar-refractivity contribution in [2.45, 2.75) is 17.7 Å². The third-order valence-corrected chi connectivity index (χ3v) is 6.90. The molecule has 1 heterocycles. The number of halogens is 2. The summed E-state index contributed by atoms with van der Waals surface area (Å²) in [6.45, 7) is 0.446. The second kappa shape index (κ2) is 9.13. The van der Waals surface area contributed by atoms with E-state index < -0.39 is 28.5 Å². The van der Waals surface area contributed by atoms with Crippen LogP contribution in [-0.4, -0.2) is 44.3 Å². The molecule has 1 N–H and O–H groups in total. The van der Waals surface area contributed by atoms with Crippen LogP contribution in [0, 0.1) is 0 Å². The number of benzene rings is 2. The number of sulfonamides is 1. The summed E-state index contributed by atoms with van der Waals surface area (Å²) in [5.41, 5.74) is 0.363. The van der Waals surface area contributed by atoms with Gasteiger partial charge in [-0.3, -0.25) is 4.79 Å². The standard InChI is InChI=1S/C19H18Cl2N2O5S/c20-15-4-3-5-16(21)18(15)22-17(24)12-28-19(25)13-6-8-14(9-7-13)29(26,27)23-10-1-2-11-23/h3-9H,1-2,10-12H2,(H,22,24). The lowest BCUT2D eigenvalue weighted by Crippen LogP contribution is -2.27. The first kappa shape index (κ1) is 21.6. The Bertz CT molecular complexity index is 999. The molecule has 0 atom stereocenters. The van der Waals surface area contributed by atoms with Crippen LogP contribution in [0.1, 0.15) is 23.2 Å². The number of nitrogens with one attached hydrogen (secondary N) is 1. The summed E-state index contributed by atoms with van der Waals surface area (Å²) in [5.74, 6) is -1.36. The summed E-state index contributed by atoms with van der Waals surface area (Å²) in [6, 6.07) is 10.2. The van der Waals surface area contributed by atoms with Gasteiger partial charge in [0, 0.05) is 13.1 Å². The van der Waals surface area contributed by atoms with Crippen molar-refractivity contribution in [2.24, 2.45) is 0 Å². The summed E-state index contributed by atoms with van der Waals surface area (Å²) in [6.07, 6.45) is 1.68. The maximum atomic E-state index is 12.5. The summed E-state index contributed by atoms with van der Waals surface area (Å²) in [7, 11) is -3.56. The molecule has 1 aliphatic heterocycles. The highest BCUT2D eigenvalue weighted by molar-refractivity contribution is 7.89. The number of carbonyl (C=O) groups excluding carboxylic acids is 2. The predicted octanol–water partition coefficient (Wildman–Crippen LogP) is 3.57. The second-order valence-corrected chi connectivity index (χ2v) is 9.11. The number of ether oxygens (including phenoxy) is 1. The minimum Gasteiger partial charge on any atom is -0.452 e. The van der Waals surface area contributed by atoms with E-state index in [1.807, 2.05) is 0 Å². The van der Waals surface area contributed by atoms with Crippen molar-refractivity contribution in [1.82, 2.24) is 4.31 Å². The summed E-state index contributed by atoms with van der Waals surface area (Å²) in [4.78, 5) is 24.2. The van der Waals surface area contributed by atoms with Crippen LogP contribution in [0.4, 0.5) is 5.69 Å². The van der Waals surface area contributed by atoms with Gasteiger partial charge in [0.25, 0.3) is 5.91 Å². The molecule has 0 aliphatic carbocycles. The number of carbonyl (C=O) groups is 2. The molecule has 1 aliphatic rings. The molecule has 2 aromatic carbocycles. The number of anilines is 1. The normalized spacial score (nSPS) is 14.6. The van der Waals surface area contributed by atoms with E-state index in [4.69, 9.17) is 27.9 Å². The molecular weight excluding hydrogens is 439 g/mol. The van der Waals surface area contributed by atoms with E-state index in [9.17, 15) is 18.0 Å². The van der Waals surface area contributed by atoms with Gasteiger partial charge < -0.3 is 10.1 Å². The Hall–Kier alpha value is -2.13. The van der Waals surface area contributed by atoms with Crippen molar-refractivity contribution < 1.29 is 22.7 Å². The first-order chi connectivity index (χ1) is 13.8. The third-order valence-electron chi connectivity index (χ3n) is 4.35. The molecule has 1 fully saturated rings.